The van der Waals surface area contributed by atoms with E-state index >= 15 is 0 Å². The van der Waals surface area contributed by atoms with Crippen LogP contribution in [0.1, 0.15) is 44.6 Å². The van der Waals surface area contributed by atoms with Crippen LogP contribution in [0.4, 0.5) is 5.69 Å². The fourth-order valence-electron chi connectivity index (χ4n) is 3.72. The molecule has 0 saturated carbocycles. The van der Waals surface area contributed by atoms with E-state index in [4.69, 9.17) is 4.74 Å². The average molecular weight is 409 g/mol. The summed E-state index contributed by atoms with van der Waals surface area (Å²) in [4.78, 5) is 26.8. The van der Waals surface area contributed by atoms with Gasteiger partial charge in [0.25, 0.3) is 5.91 Å². The molecular formula is C25H32N2O3. The van der Waals surface area contributed by atoms with Crippen molar-refractivity contribution in [3.63, 3.8) is 0 Å². The maximum absolute atomic E-state index is 12.6. The van der Waals surface area contributed by atoms with Crippen LogP contribution in [-0.2, 0) is 16.0 Å². The molecule has 3 rings (SSSR count). The summed E-state index contributed by atoms with van der Waals surface area (Å²) in [5, 5.41) is 3.03. The summed E-state index contributed by atoms with van der Waals surface area (Å²) in [6, 6.07) is 17.5. The van der Waals surface area contributed by atoms with Gasteiger partial charge in [-0.1, -0.05) is 50.1 Å². The lowest BCUT2D eigenvalue weighted by Gasteiger charge is -2.31. The van der Waals surface area contributed by atoms with E-state index in [9.17, 15) is 9.59 Å². The minimum absolute atomic E-state index is 0.0311. The Kier molecular flexibility index (Phi) is 8.30. The van der Waals surface area contributed by atoms with Crippen molar-refractivity contribution in [2.45, 2.75) is 45.4 Å². The quantitative estimate of drug-likeness (QED) is 0.613. The number of aryl methyl sites for hydroxylation is 1. The summed E-state index contributed by atoms with van der Waals surface area (Å²) in [6.45, 7) is 3.42. The zero-order chi connectivity index (χ0) is 21.2. The Hall–Kier alpha value is -2.82. The number of amides is 2. The number of benzene rings is 2. The van der Waals surface area contributed by atoms with Gasteiger partial charge in [0, 0.05) is 24.7 Å². The van der Waals surface area contributed by atoms with Crippen molar-refractivity contribution in [3.8, 4) is 5.75 Å². The molecule has 1 aliphatic heterocycles. The molecule has 2 aromatic carbocycles. The third-order valence-corrected chi connectivity index (χ3v) is 5.61. The SMILES string of the molecule is CCCCCc1ccc(NC(=O)C2CCN(C(=O)COc3ccccc3)CC2)cc1. The molecule has 0 atom stereocenters. The number of hydrogen-bond donors (Lipinski definition) is 1. The lowest BCUT2D eigenvalue weighted by molar-refractivity contribution is -0.136. The van der Waals surface area contributed by atoms with E-state index in [1.165, 1.54) is 24.8 Å². The molecule has 5 heteroatoms. The van der Waals surface area contributed by atoms with Crippen LogP contribution in [0.15, 0.2) is 54.6 Å². The summed E-state index contributed by atoms with van der Waals surface area (Å²) in [5.41, 5.74) is 2.15. The molecule has 0 aliphatic carbocycles. The fourth-order valence-corrected chi connectivity index (χ4v) is 3.72. The van der Waals surface area contributed by atoms with Crippen molar-refractivity contribution in [3.05, 3.63) is 60.2 Å². The molecule has 1 aliphatic rings. The third-order valence-electron chi connectivity index (χ3n) is 5.61. The maximum atomic E-state index is 12.6. The van der Waals surface area contributed by atoms with Crippen LogP contribution >= 0.6 is 0 Å². The Morgan fingerprint density at radius 3 is 2.37 bits per heavy atom. The van der Waals surface area contributed by atoms with Gasteiger partial charge in [0.1, 0.15) is 5.75 Å². The Bertz CT molecular complexity index is 797. The van der Waals surface area contributed by atoms with Gasteiger partial charge in [0.05, 0.1) is 0 Å². The number of anilines is 1. The van der Waals surface area contributed by atoms with Crippen molar-refractivity contribution >= 4 is 17.5 Å². The van der Waals surface area contributed by atoms with Gasteiger partial charge in [-0.3, -0.25) is 9.59 Å². The third kappa shape index (κ3) is 6.61. The highest BCUT2D eigenvalue weighted by Crippen LogP contribution is 2.20. The van der Waals surface area contributed by atoms with Crippen molar-refractivity contribution in [1.29, 1.82) is 0 Å². The lowest BCUT2D eigenvalue weighted by Crippen LogP contribution is -2.43. The molecule has 2 aromatic rings. The number of hydrogen-bond acceptors (Lipinski definition) is 3. The van der Waals surface area contributed by atoms with Crippen LogP contribution in [0.3, 0.4) is 0 Å². The fraction of sp³-hybridized carbons (Fsp3) is 0.440. The lowest BCUT2D eigenvalue weighted by atomic mass is 9.95. The van der Waals surface area contributed by atoms with Gasteiger partial charge in [-0.05, 0) is 55.5 Å². The predicted octanol–water partition coefficient (Wildman–Crippen LogP) is 4.68. The smallest absolute Gasteiger partial charge is 0.260 e. The van der Waals surface area contributed by atoms with E-state index in [0.29, 0.717) is 31.7 Å². The molecule has 0 bridgehead atoms. The molecule has 5 nitrogen and oxygen atoms in total. The monoisotopic (exact) mass is 408 g/mol. The van der Waals surface area contributed by atoms with Crippen LogP contribution < -0.4 is 10.1 Å². The molecule has 0 aromatic heterocycles. The van der Waals surface area contributed by atoms with Crippen molar-refractivity contribution < 1.29 is 14.3 Å². The van der Waals surface area contributed by atoms with Gasteiger partial charge < -0.3 is 15.0 Å². The number of likely N-dealkylation sites (tertiary alicyclic amines) is 1. The Morgan fingerprint density at radius 1 is 1.00 bits per heavy atom. The Balaban J connectivity index is 1.39. The second-order valence-electron chi connectivity index (χ2n) is 7.90. The first-order valence-electron chi connectivity index (χ1n) is 11.0. The maximum Gasteiger partial charge on any atom is 0.260 e. The molecule has 1 saturated heterocycles. The molecule has 1 N–H and O–H groups in total. The summed E-state index contributed by atoms with van der Waals surface area (Å²) < 4.78 is 5.54. The predicted molar refractivity (Wildman–Crippen MR) is 120 cm³/mol. The molecule has 2 amide bonds. The number of carbonyl (C=O) groups is 2. The molecule has 0 radical (unpaired) electrons. The normalized spacial score (nSPS) is 14.4. The van der Waals surface area contributed by atoms with Crippen molar-refractivity contribution in [2.24, 2.45) is 5.92 Å². The highest BCUT2D eigenvalue weighted by molar-refractivity contribution is 5.92. The number of piperidine rings is 1. The molecule has 1 fully saturated rings. The average Bonchev–Trinajstić information content (AvgIpc) is 2.79. The second kappa shape index (κ2) is 11.4. The summed E-state index contributed by atoms with van der Waals surface area (Å²) in [5.74, 6) is 0.641. The zero-order valence-corrected chi connectivity index (χ0v) is 17.8. The number of rotatable bonds is 9. The van der Waals surface area contributed by atoms with Crippen LogP contribution in [0.2, 0.25) is 0 Å². The van der Waals surface area contributed by atoms with E-state index in [1.807, 2.05) is 42.5 Å². The van der Waals surface area contributed by atoms with Crippen LogP contribution in [0.5, 0.6) is 5.75 Å². The highest BCUT2D eigenvalue weighted by atomic mass is 16.5. The Morgan fingerprint density at radius 2 is 1.70 bits per heavy atom. The van der Waals surface area contributed by atoms with Gasteiger partial charge in [0.15, 0.2) is 6.61 Å². The number of nitrogens with one attached hydrogen (secondary N) is 1. The van der Waals surface area contributed by atoms with Gasteiger partial charge in [-0.25, -0.2) is 0 Å². The summed E-state index contributed by atoms with van der Waals surface area (Å²) in [7, 11) is 0. The molecular weight excluding hydrogens is 376 g/mol. The van der Waals surface area contributed by atoms with E-state index in [-0.39, 0.29) is 24.3 Å². The van der Waals surface area contributed by atoms with Crippen molar-refractivity contribution in [2.75, 3.05) is 25.0 Å². The first-order valence-corrected chi connectivity index (χ1v) is 11.0. The minimum atomic E-state index is -0.0617. The number of para-hydroxylation sites is 1. The Labute approximate surface area is 179 Å². The molecule has 0 unspecified atom stereocenters. The summed E-state index contributed by atoms with van der Waals surface area (Å²) >= 11 is 0. The molecule has 160 valence electrons. The summed E-state index contributed by atoms with van der Waals surface area (Å²) in [6.07, 6.45) is 6.12. The molecule has 1 heterocycles. The first kappa shape index (κ1) is 21.9. The highest BCUT2D eigenvalue weighted by Gasteiger charge is 2.27. The number of unbranched alkanes of at least 4 members (excludes halogenated alkanes) is 2. The van der Waals surface area contributed by atoms with Gasteiger partial charge in [-0.2, -0.15) is 0 Å². The molecule has 0 spiro atoms. The second-order valence-corrected chi connectivity index (χ2v) is 7.90. The van der Waals surface area contributed by atoms with Gasteiger partial charge in [0.2, 0.25) is 5.91 Å². The van der Waals surface area contributed by atoms with Gasteiger partial charge in [-0.15, -0.1) is 0 Å². The van der Waals surface area contributed by atoms with E-state index in [2.05, 4.69) is 24.4 Å². The van der Waals surface area contributed by atoms with Crippen LogP contribution in [0, 0.1) is 5.92 Å². The standard InChI is InChI=1S/C25H32N2O3/c1-2-3-5-8-20-11-13-22(14-12-20)26-25(29)21-15-17-27(18-16-21)24(28)19-30-23-9-6-4-7-10-23/h4,6-7,9-14,21H,2-3,5,8,15-19H2,1H3,(H,26,29). The van der Waals surface area contributed by atoms with E-state index < -0.39 is 0 Å². The van der Waals surface area contributed by atoms with E-state index in [1.54, 1.807) is 4.90 Å². The van der Waals surface area contributed by atoms with Crippen LogP contribution in [0.25, 0.3) is 0 Å². The largest absolute Gasteiger partial charge is 0.484 e. The molecule has 30 heavy (non-hydrogen) atoms. The topological polar surface area (TPSA) is 58.6 Å². The number of ether oxygens (including phenoxy) is 1. The number of carbonyl (C=O) groups excluding carboxylic acids is 2. The van der Waals surface area contributed by atoms with Crippen LogP contribution in [-0.4, -0.2) is 36.4 Å². The van der Waals surface area contributed by atoms with E-state index in [0.717, 1.165) is 12.1 Å². The number of nitrogens with zero attached hydrogens (tertiary/aromatic N) is 1. The minimum Gasteiger partial charge on any atom is -0.484 e. The van der Waals surface area contributed by atoms with Gasteiger partial charge >= 0.3 is 0 Å². The first-order chi connectivity index (χ1) is 14.7. The zero-order valence-electron chi connectivity index (χ0n) is 17.8. The van der Waals surface area contributed by atoms with Crippen molar-refractivity contribution in [1.82, 2.24) is 4.90 Å².